The van der Waals surface area contributed by atoms with Gasteiger partial charge < -0.3 is 25.5 Å². The van der Waals surface area contributed by atoms with E-state index in [1.165, 1.54) is 12.1 Å². The van der Waals surface area contributed by atoms with Crippen molar-refractivity contribution in [3.8, 4) is 0 Å². The highest BCUT2D eigenvalue weighted by atomic mass is 127. The van der Waals surface area contributed by atoms with Crippen molar-refractivity contribution in [2.24, 2.45) is 0 Å². The molecule has 2 aliphatic heterocycles. The van der Waals surface area contributed by atoms with Crippen LogP contribution in [0, 0.1) is 9.39 Å². The maximum atomic E-state index is 13.7. The number of nitrogens with one attached hydrogen (secondary N) is 2. The molecule has 4 rings (SSSR count). The number of amides is 2. The monoisotopic (exact) mass is 636 g/mol. The Labute approximate surface area is 224 Å². The summed E-state index contributed by atoms with van der Waals surface area (Å²) >= 11 is 2.16. The molecule has 37 heavy (non-hydrogen) atoms. The van der Waals surface area contributed by atoms with Gasteiger partial charge in [0.25, 0.3) is 5.91 Å². The summed E-state index contributed by atoms with van der Waals surface area (Å²) in [4.78, 5) is 38.2. The number of anilines is 1. The minimum atomic E-state index is -5.08. The van der Waals surface area contributed by atoms with Crippen LogP contribution in [0.15, 0.2) is 48.5 Å². The Morgan fingerprint density at radius 2 is 1.76 bits per heavy atom. The summed E-state index contributed by atoms with van der Waals surface area (Å²) in [6.07, 6.45) is -3.75. The van der Waals surface area contributed by atoms with Crippen LogP contribution < -0.4 is 15.5 Å². The molecule has 2 aliphatic rings. The fourth-order valence-corrected chi connectivity index (χ4v) is 4.92. The predicted molar refractivity (Wildman–Crippen MR) is 135 cm³/mol. The van der Waals surface area contributed by atoms with Crippen molar-refractivity contribution in [2.45, 2.75) is 24.6 Å². The lowest BCUT2D eigenvalue weighted by Gasteiger charge is -2.43. The molecule has 200 valence electrons. The number of hydrogen-bond acceptors (Lipinski definition) is 5. The third-order valence-corrected chi connectivity index (χ3v) is 7.16. The highest BCUT2D eigenvalue weighted by molar-refractivity contribution is 14.1. The summed E-state index contributed by atoms with van der Waals surface area (Å²) < 4.78 is 46.4. The molecular weight excluding hydrogens is 611 g/mol. The van der Waals surface area contributed by atoms with Crippen LogP contribution in [0.3, 0.4) is 0 Å². The van der Waals surface area contributed by atoms with E-state index < -0.39 is 17.7 Å². The molecule has 0 saturated carbocycles. The number of carboxylic acids is 1. The van der Waals surface area contributed by atoms with Crippen LogP contribution >= 0.6 is 22.6 Å². The van der Waals surface area contributed by atoms with Crippen molar-refractivity contribution in [1.82, 2.24) is 15.5 Å². The van der Waals surface area contributed by atoms with E-state index in [-0.39, 0.29) is 17.6 Å². The molecule has 0 aliphatic carbocycles. The molecule has 0 radical (unpaired) electrons. The first-order valence-corrected chi connectivity index (χ1v) is 12.4. The lowest BCUT2D eigenvalue weighted by molar-refractivity contribution is -0.192. The normalized spacial score (nSPS) is 17.1. The van der Waals surface area contributed by atoms with Crippen LogP contribution in [0.4, 0.5) is 23.2 Å². The number of benzene rings is 2. The van der Waals surface area contributed by atoms with Gasteiger partial charge in [0, 0.05) is 35.4 Å². The molecule has 2 saturated heterocycles. The van der Waals surface area contributed by atoms with Crippen LogP contribution in [-0.4, -0.2) is 72.4 Å². The predicted octanol–water partition coefficient (Wildman–Crippen LogP) is 3.22. The summed E-state index contributed by atoms with van der Waals surface area (Å²) in [7, 11) is 0. The number of nitrogens with zero attached hydrogens (tertiary/aromatic N) is 2. The van der Waals surface area contributed by atoms with Gasteiger partial charge in [-0.25, -0.2) is 9.18 Å². The summed E-state index contributed by atoms with van der Waals surface area (Å²) in [5.74, 6) is -3.12. The zero-order chi connectivity index (χ0) is 27.2. The van der Waals surface area contributed by atoms with E-state index in [1.54, 1.807) is 6.07 Å². The van der Waals surface area contributed by atoms with Crippen molar-refractivity contribution in [1.29, 1.82) is 0 Å². The van der Waals surface area contributed by atoms with Crippen LogP contribution in [-0.2, 0) is 9.59 Å². The first kappa shape index (κ1) is 28.6. The first-order chi connectivity index (χ1) is 17.4. The van der Waals surface area contributed by atoms with Gasteiger partial charge in [0.05, 0.1) is 12.2 Å². The SMILES string of the molecule is O=C(NCCN1CCC2(CC1)C(=O)NCN2c1cccc(F)c1)c1ccccc1I.O=C(O)C(F)(F)F. The van der Waals surface area contributed by atoms with Gasteiger partial charge in [-0.15, -0.1) is 0 Å². The Balaban J connectivity index is 0.000000479. The zero-order valence-electron chi connectivity index (χ0n) is 19.5. The minimum Gasteiger partial charge on any atom is -0.475 e. The summed E-state index contributed by atoms with van der Waals surface area (Å²) in [5, 5.41) is 13.0. The Kier molecular flexibility index (Phi) is 9.34. The molecule has 2 heterocycles. The van der Waals surface area contributed by atoms with Gasteiger partial charge in [0.1, 0.15) is 11.4 Å². The Hall–Kier alpha value is -2.94. The molecular formula is C24H25F4IN4O4. The Bertz CT molecular complexity index is 1140. The van der Waals surface area contributed by atoms with Crippen LogP contribution in [0.2, 0.25) is 0 Å². The van der Waals surface area contributed by atoms with Crippen molar-refractivity contribution in [3.05, 3.63) is 63.5 Å². The number of hydrogen-bond donors (Lipinski definition) is 3. The highest BCUT2D eigenvalue weighted by Crippen LogP contribution is 2.36. The van der Waals surface area contributed by atoms with Gasteiger partial charge in [-0.2, -0.15) is 13.2 Å². The average molecular weight is 636 g/mol. The second kappa shape index (κ2) is 12.1. The Morgan fingerprint density at radius 1 is 1.11 bits per heavy atom. The molecule has 13 heteroatoms. The van der Waals surface area contributed by atoms with Gasteiger partial charge >= 0.3 is 12.1 Å². The van der Waals surface area contributed by atoms with Gasteiger partial charge in [-0.05, 0) is 65.8 Å². The number of rotatable bonds is 5. The molecule has 2 fully saturated rings. The smallest absolute Gasteiger partial charge is 0.475 e. The topological polar surface area (TPSA) is 102 Å². The number of carboxylic acid groups (broad SMARTS) is 1. The number of halogens is 5. The van der Waals surface area contributed by atoms with Crippen molar-refractivity contribution in [2.75, 3.05) is 37.7 Å². The van der Waals surface area contributed by atoms with Gasteiger partial charge in [0.15, 0.2) is 0 Å². The maximum Gasteiger partial charge on any atom is 0.490 e. The first-order valence-electron chi connectivity index (χ1n) is 11.3. The summed E-state index contributed by atoms with van der Waals surface area (Å²) in [6, 6.07) is 13.9. The zero-order valence-corrected chi connectivity index (χ0v) is 21.7. The summed E-state index contributed by atoms with van der Waals surface area (Å²) in [6.45, 7) is 3.17. The summed E-state index contributed by atoms with van der Waals surface area (Å²) in [5.41, 5.74) is 0.781. The lowest BCUT2D eigenvalue weighted by atomic mass is 9.85. The van der Waals surface area contributed by atoms with E-state index in [0.29, 0.717) is 31.6 Å². The van der Waals surface area contributed by atoms with Gasteiger partial charge in [-0.3, -0.25) is 9.59 Å². The second-order valence-corrected chi connectivity index (χ2v) is 9.65. The maximum absolute atomic E-state index is 13.7. The molecule has 1 spiro atoms. The molecule has 3 N–H and O–H groups in total. The fourth-order valence-electron chi connectivity index (χ4n) is 4.28. The van der Waals surface area contributed by atoms with Gasteiger partial charge in [0.2, 0.25) is 5.91 Å². The standard InChI is InChI=1S/C22H24FIN4O2.C2HF3O2/c23-16-4-3-5-17(14-16)28-15-26-21(30)22(28)8-11-27(12-9-22)13-10-25-20(29)18-6-1-2-7-19(18)24;3-2(4,5)1(6)7/h1-7,14H,8-13,15H2,(H,25,29)(H,26,30);(H,6,7). The van der Waals surface area contributed by atoms with Crippen molar-refractivity contribution in [3.63, 3.8) is 0 Å². The van der Waals surface area contributed by atoms with Crippen molar-refractivity contribution >= 4 is 46.1 Å². The second-order valence-electron chi connectivity index (χ2n) is 8.48. The highest BCUT2D eigenvalue weighted by Gasteiger charge is 2.50. The van der Waals surface area contributed by atoms with E-state index in [0.717, 1.165) is 28.9 Å². The number of carbonyl (C=O) groups is 3. The van der Waals surface area contributed by atoms with E-state index >= 15 is 0 Å². The lowest BCUT2D eigenvalue weighted by Crippen LogP contribution is -2.57. The average Bonchev–Trinajstić information content (AvgIpc) is 3.15. The van der Waals surface area contributed by atoms with Crippen molar-refractivity contribution < 1.29 is 37.1 Å². The third kappa shape index (κ3) is 7.09. The molecule has 8 nitrogen and oxygen atoms in total. The molecule has 2 aromatic rings. The molecule has 0 aromatic heterocycles. The van der Waals surface area contributed by atoms with E-state index in [4.69, 9.17) is 9.90 Å². The van der Waals surface area contributed by atoms with E-state index in [2.05, 4.69) is 38.1 Å². The molecule has 0 unspecified atom stereocenters. The van der Waals surface area contributed by atoms with E-state index in [9.17, 15) is 27.2 Å². The molecule has 2 amide bonds. The molecule has 0 bridgehead atoms. The number of aliphatic carboxylic acids is 1. The fraction of sp³-hybridized carbons (Fsp3) is 0.375. The molecule has 0 atom stereocenters. The quantitative estimate of drug-likeness (QED) is 0.345. The largest absolute Gasteiger partial charge is 0.490 e. The van der Waals surface area contributed by atoms with Crippen LogP contribution in [0.25, 0.3) is 0 Å². The Morgan fingerprint density at radius 3 is 2.35 bits per heavy atom. The van der Waals surface area contributed by atoms with Gasteiger partial charge in [-0.1, -0.05) is 18.2 Å². The van der Waals surface area contributed by atoms with Crippen LogP contribution in [0.1, 0.15) is 23.2 Å². The number of alkyl halides is 3. The number of likely N-dealkylation sites (tertiary alicyclic amines) is 1. The van der Waals surface area contributed by atoms with Crippen LogP contribution in [0.5, 0.6) is 0 Å². The molecule has 2 aromatic carbocycles. The third-order valence-electron chi connectivity index (χ3n) is 6.21. The number of carbonyl (C=O) groups excluding carboxylic acids is 2. The number of piperidine rings is 1. The van der Waals surface area contributed by atoms with E-state index in [1.807, 2.05) is 35.2 Å². The minimum absolute atomic E-state index is 0.0124.